The maximum absolute atomic E-state index is 13.4. The largest absolute Gasteiger partial charge is 0.507 e. The fourth-order valence-corrected chi connectivity index (χ4v) is 5.22. The number of carbonyl (C=O) groups is 1. The molecule has 0 fully saturated rings. The number of Topliss-reactive ketones (excluding diaryl/α,β-unsaturated/α-hetero) is 1. The van der Waals surface area contributed by atoms with Crippen molar-refractivity contribution in [3.63, 3.8) is 0 Å². The second kappa shape index (κ2) is 8.37. The van der Waals surface area contributed by atoms with E-state index in [4.69, 9.17) is 9.47 Å². The molecule has 2 aliphatic rings. The first kappa shape index (κ1) is 24.2. The number of ether oxygens (including phenoxy) is 2. The first-order valence-corrected chi connectivity index (χ1v) is 12.0. The summed E-state index contributed by atoms with van der Waals surface area (Å²) in [6.07, 6.45) is 2.21. The Balaban J connectivity index is 2.09. The predicted molar refractivity (Wildman–Crippen MR) is 136 cm³/mol. The van der Waals surface area contributed by atoms with E-state index in [-0.39, 0.29) is 22.5 Å². The fourth-order valence-electron chi connectivity index (χ4n) is 5.22. The van der Waals surface area contributed by atoms with E-state index in [9.17, 15) is 9.90 Å². The summed E-state index contributed by atoms with van der Waals surface area (Å²) in [4.78, 5) is 13.4. The summed E-state index contributed by atoms with van der Waals surface area (Å²) in [6, 6.07) is 8.02. The van der Waals surface area contributed by atoms with Crippen molar-refractivity contribution in [2.24, 2.45) is 0 Å². The summed E-state index contributed by atoms with van der Waals surface area (Å²) >= 11 is 0. The van der Waals surface area contributed by atoms with Crippen LogP contribution in [0.4, 0.5) is 5.69 Å². The van der Waals surface area contributed by atoms with Gasteiger partial charge in [0.1, 0.15) is 17.2 Å². The molecule has 34 heavy (non-hydrogen) atoms. The standard InChI is InChI=1S/C29H37NO4/c1-28(2,3)18-12-16(13-19(27(18)32)29(4,5)6)24-25-20(10-9-11-22(25)31)30-21-14-17(33-7)15-23(34-8)26(21)24/h12-15,24,30,32H,9-11H2,1-8H3/t24-/m1/s1. The molecule has 182 valence electrons. The first-order chi connectivity index (χ1) is 15.9. The molecule has 0 unspecified atom stereocenters. The van der Waals surface area contributed by atoms with E-state index >= 15 is 0 Å². The number of rotatable bonds is 3. The fraction of sp³-hybridized carbons (Fsp3) is 0.483. The van der Waals surface area contributed by atoms with E-state index in [2.05, 4.69) is 59.0 Å². The Kier molecular flexibility index (Phi) is 5.95. The van der Waals surface area contributed by atoms with Crippen molar-refractivity contribution in [3.8, 4) is 17.2 Å². The van der Waals surface area contributed by atoms with E-state index in [1.807, 2.05) is 12.1 Å². The number of hydrogen-bond acceptors (Lipinski definition) is 5. The number of methoxy groups -OCH3 is 2. The monoisotopic (exact) mass is 463 g/mol. The summed E-state index contributed by atoms with van der Waals surface area (Å²) < 4.78 is 11.4. The third-order valence-electron chi connectivity index (χ3n) is 6.97. The van der Waals surface area contributed by atoms with Crippen molar-refractivity contribution >= 4 is 11.5 Å². The quantitative estimate of drug-likeness (QED) is 0.539. The van der Waals surface area contributed by atoms with Gasteiger partial charge in [-0.15, -0.1) is 0 Å². The Morgan fingerprint density at radius 2 is 1.53 bits per heavy atom. The molecule has 1 aliphatic heterocycles. The lowest BCUT2D eigenvalue weighted by Crippen LogP contribution is -2.28. The summed E-state index contributed by atoms with van der Waals surface area (Å²) in [5, 5.41) is 14.8. The van der Waals surface area contributed by atoms with Gasteiger partial charge in [-0.05, 0) is 40.4 Å². The lowest BCUT2D eigenvalue weighted by Gasteiger charge is -2.36. The van der Waals surface area contributed by atoms with Crippen LogP contribution in [0.3, 0.4) is 0 Å². The Bertz CT molecular complexity index is 1140. The van der Waals surface area contributed by atoms with Crippen molar-refractivity contribution in [1.82, 2.24) is 0 Å². The molecule has 2 aromatic rings. The van der Waals surface area contributed by atoms with Crippen LogP contribution in [0.2, 0.25) is 0 Å². The number of nitrogens with one attached hydrogen (secondary N) is 1. The zero-order valence-corrected chi connectivity index (χ0v) is 21.7. The highest BCUT2D eigenvalue weighted by molar-refractivity contribution is 6.01. The molecule has 1 heterocycles. The molecule has 0 aromatic heterocycles. The number of carbonyl (C=O) groups excluding carboxylic acids is 1. The van der Waals surface area contributed by atoms with Gasteiger partial charge in [0.05, 0.1) is 14.2 Å². The summed E-state index contributed by atoms with van der Waals surface area (Å²) in [5.41, 5.74) is 5.85. The molecule has 2 N–H and O–H groups in total. The van der Waals surface area contributed by atoms with Gasteiger partial charge in [-0.1, -0.05) is 53.7 Å². The molecule has 0 saturated carbocycles. The molecular formula is C29H37NO4. The molecule has 5 heteroatoms. The number of fused-ring (bicyclic) bond motifs is 1. The Hall–Kier alpha value is -2.95. The van der Waals surface area contributed by atoms with Gasteiger partial charge in [-0.2, -0.15) is 0 Å². The summed E-state index contributed by atoms with van der Waals surface area (Å²) in [6.45, 7) is 12.6. The third kappa shape index (κ3) is 4.06. The Labute approximate surface area is 203 Å². The lowest BCUT2D eigenvalue weighted by atomic mass is 9.71. The van der Waals surface area contributed by atoms with E-state index in [1.165, 1.54) is 0 Å². The number of aromatic hydroxyl groups is 1. The van der Waals surface area contributed by atoms with E-state index in [0.717, 1.165) is 52.1 Å². The summed E-state index contributed by atoms with van der Waals surface area (Å²) in [5.74, 6) is 1.60. The molecule has 0 bridgehead atoms. The van der Waals surface area contributed by atoms with Crippen LogP contribution in [-0.2, 0) is 15.6 Å². The normalized spacial score (nSPS) is 18.2. The zero-order valence-electron chi connectivity index (χ0n) is 21.7. The summed E-state index contributed by atoms with van der Waals surface area (Å²) in [7, 11) is 3.29. The molecule has 5 nitrogen and oxygen atoms in total. The van der Waals surface area contributed by atoms with Crippen LogP contribution in [0.15, 0.2) is 35.5 Å². The van der Waals surface area contributed by atoms with E-state index < -0.39 is 0 Å². The molecular weight excluding hydrogens is 426 g/mol. The second-order valence-electron chi connectivity index (χ2n) is 11.5. The minimum Gasteiger partial charge on any atom is -0.507 e. The number of hydrogen-bond donors (Lipinski definition) is 2. The first-order valence-electron chi connectivity index (χ1n) is 12.0. The Morgan fingerprint density at radius 1 is 0.912 bits per heavy atom. The van der Waals surface area contributed by atoms with E-state index in [0.29, 0.717) is 23.7 Å². The van der Waals surface area contributed by atoms with Gasteiger partial charge in [0.15, 0.2) is 5.78 Å². The van der Waals surface area contributed by atoms with Gasteiger partial charge in [-0.3, -0.25) is 4.79 Å². The molecule has 0 radical (unpaired) electrons. The highest BCUT2D eigenvalue weighted by Gasteiger charge is 2.39. The second-order valence-corrected chi connectivity index (χ2v) is 11.5. The average molecular weight is 464 g/mol. The van der Waals surface area contributed by atoms with Crippen LogP contribution in [0.25, 0.3) is 0 Å². The molecule has 1 atom stereocenters. The van der Waals surface area contributed by atoms with Gasteiger partial charge in [0.25, 0.3) is 0 Å². The highest BCUT2D eigenvalue weighted by atomic mass is 16.5. The molecule has 2 aromatic carbocycles. The minimum absolute atomic E-state index is 0.171. The molecule has 1 aliphatic carbocycles. The maximum Gasteiger partial charge on any atom is 0.161 e. The van der Waals surface area contributed by atoms with Crippen LogP contribution >= 0.6 is 0 Å². The number of allylic oxidation sites excluding steroid dienone is 2. The number of phenols is 1. The Morgan fingerprint density at radius 3 is 2.06 bits per heavy atom. The molecule has 0 spiro atoms. The van der Waals surface area contributed by atoms with Crippen molar-refractivity contribution < 1.29 is 19.4 Å². The van der Waals surface area contributed by atoms with Crippen LogP contribution in [-0.4, -0.2) is 25.1 Å². The van der Waals surface area contributed by atoms with E-state index in [1.54, 1.807) is 14.2 Å². The smallest absolute Gasteiger partial charge is 0.161 e. The van der Waals surface area contributed by atoms with Gasteiger partial charge in [-0.25, -0.2) is 0 Å². The minimum atomic E-state index is -0.289. The van der Waals surface area contributed by atoms with Crippen LogP contribution in [0.5, 0.6) is 17.2 Å². The van der Waals surface area contributed by atoms with Gasteiger partial charge >= 0.3 is 0 Å². The van der Waals surface area contributed by atoms with Crippen molar-refractivity contribution in [3.05, 3.63) is 57.8 Å². The SMILES string of the molecule is COc1cc2c(c(OC)c1)[C@H](c1cc(C(C)(C)C)c(O)c(C(C)(C)C)c1)C1=C(CCCC1=O)N2. The van der Waals surface area contributed by atoms with Crippen molar-refractivity contribution in [2.75, 3.05) is 19.5 Å². The predicted octanol–water partition coefficient (Wildman–Crippen LogP) is 6.57. The third-order valence-corrected chi connectivity index (χ3v) is 6.97. The average Bonchev–Trinajstić information content (AvgIpc) is 2.75. The van der Waals surface area contributed by atoms with Gasteiger partial charge < -0.3 is 19.9 Å². The van der Waals surface area contributed by atoms with Gasteiger partial charge in [0, 0.05) is 47.0 Å². The number of ketones is 1. The molecule has 0 saturated heterocycles. The van der Waals surface area contributed by atoms with Crippen LogP contribution < -0.4 is 14.8 Å². The highest BCUT2D eigenvalue weighted by Crippen LogP contribution is 2.52. The number of phenolic OH excluding ortho intramolecular Hbond substituents is 1. The van der Waals surface area contributed by atoms with Crippen LogP contribution in [0, 0.1) is 0 Å². The van der Waals surface area contributed by atoms with Gasteiger partial charge in [0.2, 0.25) is 0 Å². The number of benzene rings is 2. The molecule has 4 rings (SSSR count). The molecule has 0 amide bonds. The van der Waals surface area contributed by atoms with Crippen LogP contribution in [0.1, 0.15) is 89.0 Å². The number of anilines is 1. The van der Waals surface area contributed by atoms with Crippen molar-refractivity contribution in [2.45, 2.75) is 77.6 Å². The topological polar surface area (TPSA) is 67.8 Å². The lowest BCUT2D eigenvalue weighted by molar-refractivity contribution is -0.116. The zero-order chi connectivity index (χ0) is 25.0. The van der Waals surface area contributed by atoms with Crippen molar-refractivity contribution in [1.29, 1.82) is 0 Å². The maximum atomic E-state index is 13.4.